The van der Waals surface area contributed by atoms with E-state index in [9.17, 15) is 34.5 Å². The van der Waals surface area contributed by atoms with Gasteiger partial charge in [-0.05, 0) is 37.5 Å². The first kappa shape index (κ1) is 23.6. The van der Waals surface area contributed by atoms with Crippen molar-refractivity contribution < 1.29 is 54.2 Å². The molecule has 0 aromatic heterocycles. The monoisotopic (exact) mass is 444 g/mol. The zero-order valence-electron chi connectivity index (χ0n) is 17.0. The van der Waals surface area contributed by atoms with Crippen molar-refractivity contribution in [1.29, 1.82) is 0 Å². The molecule has 5 N–H and O–H groups in total. The number of hydrogen-bond acceptors (Lipinski definition) is 9. The van der Waals surface area contributed by atoms with E-state index in [1.165, 1.54) is 0 Å². The number of ether oxygens (including phenoxy) is 2. The van der Waals surface area contributed by atoms with Gasteiger partial charge in [0.25, 0.3) is 0 Å². The Hall–Kier alpha value is -2.08. The van der Waals surface area contributed by atoms with Crippen LogP contribution in [0.2, 0.25) is 0 Å². The van der Waals surface area contributed by atoms with Crippen LogP contribution in [0.25, 0.3) is 0 Å². The smallest absolute Gasteiger partial charge is 0.335 e. The SMILES string of the molecule is CC12CCC(C(=O)O[C@@H]3O[C@H](C(=O)O)[C@@H](O)[C@H](O)[C@H]3O)C(CCC(=O)O)C1CCC2=O. The Morgan fingerprint density at radius 3 is 2.39 bits per heavy atom. The Balaban J connectivity index is 1.78. The third-order valence-corrected chi connectivity index (χ3v) is 7.19. The largest absolute Gasteiger partial charge is 0.481 e. The van der Waals surface area contributed by atoms with Crippen LogP contribution in [0, 0.1) is 23.2 Å². The second kappa shape index (κ2) is 8.81. The number of esters is 1. The molecule has 0 bridgehead atoms. The molecule has 3 aliphatic rings. The number of fused-ring (bicyclic) bond motifs is 1. The van der Waals surface area contributed by atoms with Gasteiger partial charge in [0, 0.05) is 18.3 Å². The lowest BCUT2D eigenvalue weighted by molar-refractivity contribution is -0.288. The molecule has 1 saturated heterocycles. The van der Waals surface area contributed by atoms with Crippen molar-refractivity contribution in [1.82, 2.24) is 0 Å². The predicted octanol–water partition coefficient (Wildman–Crippen LogP) is -0.702. The zero-order valence-corrected chi connectivity index (χ0v) is 17.0. The summed E-state index contributed by atoms with van der Waals surface area (Å²) in [5, 5.41) is 48.0. The Morgan fingerprint density at radius 2 is 1.77 bits per heavy atom. The Bertz CT molecular complexity index is 751. The van der Waals surface area contributed by atoms with Gasteiger partial charge in [-0.3, -0.25) is 14.4 Å². The van der Waals surface area contributed by atoms with Gasteiger partial charge in [-0.1, -0.05) is 6.92 Å². The zero-order chi connectivity index (χ0) is 23.1. The van der Waals surface area contributed by atoms with Gasteiger partial charge in [0.1, 0.15) is 24.1 Å². The van der Waals surface area contributed by atoms with Crippen molar-refractivity contribution >= 4 is 23.7 Å². The second-order valence-electron chi connectivity index (χ2n) is 8.90. The van der Waals surface area contributed by atoms with Gasteiger partial charge in [-0.2, -0.15) is 0 Å². The number of aliphatic carboxylic acids is 2. The summed E-state index contributed by atoms with van der Waals surface area (Å²) >= 11 is 0. The molecule has 0 aromatic rings. The van der Waals surface area contributed by atoms with Crippen molar-refractivity contribution in [3.8, 4) is 0 Å². The average Bonchev–Trinajstić information content (AvgIpc) is 3.00. The van der Waals surface area contributed by atoms with Gasteiger partial charge >= 0.3 is 17.9 Å². The van der Waals surface area contributed by atoms with E-state index < -0.39 is 65.9 Å². The van der Waals surface area contributed by atoms with E-state index in [0.717, 1.165) is 0 Å². The number of carboxylic acid groups (broad SMARTS) is 2. The van der Waals surface area contributed by atoms with E-state index in [1.807, 2.05) is 6.92 Å². The fraction of sp³-hybridized carbons (Fsp3) is 0.800. The Kier molecular flexibility index (Phi) is 6.70. The van der Waals surface area contributed by atoms with Gasteiger partial charge in [0.05, 0.1) is 5.92 Å². The molecule has 2 saturated carbocycles. The summed E-state index contributed by atoms with van der Waals surface area (Å²) < 4.78 is 10.2. The third-order valence-electron chi connectivity index (χ3n) is 7.19. The fourth-order valence-electron chi connectivity index (χ4n) is 5.40. The third kappa shape index (κ3) is 4.32. The maximum atomic E-state index is 13.0. The van der Waals surface area contributed by atoms with E-state index in [0.29, 0.717) is 19.3 Å². The lowest BCUT2D eigenvalue weighted by atomic mass is 9.59. The molecule has 31 heavy (non-hydrogen) atoms. The van der Waals surface area contributed by atoms with Gasteiger partial charge in [0.2, 0.25) is 6.29 Å². The number of rotatable bonds is 6. The van der Waals surface area contributed by atoms with Crippen LogP contribution >= 0.6 is 0 Å². The van der Waals surface area contributed by atoms with Gasteiger partial charge < -0.3 is 35.0 Å². The normalized spacial score (nSPS) is 42.6. The number of ketones is 1. The number of aliphatic hydroxyl groups is 3. The minimum Gasteiger partial charge on any atom is -0.481 e. The molecular formula is C20H28O11. The Morgan fingerprint density at radius 1 is 1.10 bits per heavy atom. The highest BCUT2D eigenvalue weighted by atomic mass is 16.7. The summed E-state index contributed by atoms with van der Waals surface area (Å²) in [6.45, 7) is 1.84. The van der Waals surface area contributed by atoms with E-state index in [1.54, 1.807) is 0 Å². The number of hydrogen-bond donors (Lipinski definition) is 5. The molecule has 4 unspecified atom stereocenters. The summed E-state index contributed by atoms with van der Waals surface area (Å²) in [4.78, 5) is 47.8. The topological polar surface area (TPSA) is 188 Å². The quantitative estimate of drug-likeness (QED) is 0.326. The Labute approximate surface area is 178 Å². The van der Waals surface area contributed by atoms with Crippen LogP contribution in [0.15, 0.2) is 0 Å². The van der Waals surface area contributed by atoms with Gasteiger partial charge in [0.15, 0.2) is 6.10 Å². The molecule has 2 aliphatic carbocycles. The molecule has 1 aliphatic heterocycles. The highest BCUT2D eigenvalue weighted by molar-refractivity contribution is 5.87. The lowest BCUT2D eigenvalue weighted by Gasteiger charge is -2.45. The molecular weight excluding hydrogens is 416 g/mol. The van der Waals surface area contributed by atoms with Crippen LogP contribution in [0.3, 0.4) is 0 Å². The number of carboxylic acids is 2. The van der Waals surface area contributed by atoms with Crippen molar-refractivity contribution in [2.45, 2.75) is 76.2 Å². The maximum Gasteiger partial charge on any atom is 0.335 e. The number of carbonyl (C=O) groups is 4. The van der Waals surface area contributed by atoms with Crippen LogP contribution in [-0.4, -0.2) is 79.9 Å². The first-order valence-electron chi connectivity index (χ1n) is 10.4. The van der Waals surface area contributed by atoms with Crippen molar-refractivity contribution in [3.63, 3.8) is 0 Å². The van der Waals surface area contributed by atoms with Crippen molar-refractivity contribution in [3.05, 3.63) is 0 Å². The first-order chi connectivity index (χ1) is 14.5. The van der Waals surface area contributed by atoms with E-state index in [4.69, 9.17) is 19.7 Å². The van der Waals surface area contributed by atoms with Crippen LogP contribution in [0.1, 0.15) is 45.4 Å². The summed E-state index contributed by atoms with van der Waals surface area (Å²) in [5.74, 6) is -4.77. The molecule has 0 radical (unpaired) electrons. The summed E-state index contributed by atoms with van der Waals surface area (Å²) in [7, 11) is 0. The first-order valence-corrected chi connectivity index (χ1v) is 10.4. The van der Waals surface area contributed by atoms with Crippen LogP contribution < -0.4 is 0 Å². The van der Waals surface area contributed by atoms with Gasteiger partial charge in [-0.25, -0.2) is 4.79 Å². The number of aliphatic hydroxyl groups excluding tert-OH is 3. The minimum absolute atomic E-state index is 0.0945. The summed E-state index contributed by atoms with van der Waals surface area (Å²) in [6, 6.07) is 0. The molecule has 174 valence electrons. The highest BCUT2D eigenvalue weighted by Crippen LogP contribution is 2.55. The molecule has 3 rings (SSSR count). The van der Waals surface area contributed by atoms with Crippen LogP contribution in [0.5, 0.6) is 0 Å². The minimum atomic E-state index is -1.91. The number of carbonyl (C=O) groups excluding carboxylic acids is 2. The molecule has 1 heterocycles. The molecule has 11 nitrogen and oxygen atoms in total. The number of Topliss-reactive ketones (excluding diaryl/α,β-unsaturated/α-hetero) is 1. The molecule has 0 spiro atoms. The second-order valence-corrected chi connectivity index (χ2v) is 8.90. The van der Waals surface area contributed by atoms with E-state index in [2.05, 4.69) is 0 Å². The molecule has 0 aromatic carbocycles. The molecule has 3 fully saturated rings. The summed E-state index contributed by atoms with van der Waals surface area (Å²) in [6.07, 6.45) is -7.84. The van der Waals surface area contributed by atoms with E-state index in [-0.39, 0.29) is 31.0 Å². The van der Waals surface area contributed by atoms with Crippen molar-refractivity contribution in [2.75, 3.05) is 0 Å². The molecule has 11 heteroatoms. The van der Waals surface area contributed by atoms with Crippen molar-refractivity contribution in [2.24, 2.45) is 23.2 Å². The fourth-order valence-corrected chi connectivity index (χ4v) is 5.40. The molecule has 9 atom stereocenters. The van der Waals surface area contributed by atoms with Crippen LogP contribution in [0.4, 0.5) is 0 Å². The van der Waals surface area contributed by atoms with Gasteiger partial charge in [-0.15, -0.1) is 0 Å². The standard InChI is InChI=1S/C20H28O11/c1-20-7-6-9(8(2-5-12(22)23)10(20)3-4-11(20)21)18(29)31-19-15(26)13(24)14(25)16(30-19)17(27)28/h8-10,13-16,19,24-26H,2-7H2,1H3,(H,22,23)(H,27,28)/t8?,9?,10?,13-,14-,15+,16-,19-,20?/m0/s1. The average molecular weight is 444 g/mol. The highest BCUT2D eigenvalue weighted by Gasteiger charge is 2.56. The van der Waals surface area contributed by atoms with Crippen LogP contribution in [-0.2, 0) is 28.7 Å². The lowest BCUT2D eigenvalue weighted by Crippen LogP contribution is -2.61. The predicted molar refractivity (Wildman–Crippen MR) is 99.3 cm³/mol. The maximum absolute atomic E-state index is 13.0. The summed E-state index contributed by atoms with van der Waals surface area (Å²) in [5.41, 5.74) is -0.629. The molecule has 0 amide bonds. The van der Waals surface area contributed by atoms with E-state index >= 15 is 0 Å².